The van der Waals surface area contributed by atoms with Crippen LogP contribution in [0.5, 0.6) is 0 Å². The lowest BCUT2D eigenvalue weighted by atomic mass is 9.88. The van der Waals surface area contributed by atoms with Gasteiger partial charge in [-0.15, -0.1) is 11.6 Å². The summed E-state index contributed by atoms with van der Waals surface area (Å²) in [6.45, 7) is 3.46. The average molecular weight is 482 g/mol. The van der Waals surface area contributed by atoms with Gasteiger partial charge in [0.15, 0.2) is 4.75 Å². The first-order chi connectivity index (χ1) is 13.6. The fourth-order valence-corrected chi connectivity index (χ4v) is 4.85. The number of alkyl halides is 4. The molecule has 0 fully saturated rings. The van der Waals surface area contributed by atoms with E-state index in [1.807, 2.05) is 12.1 Å². The number of nitrogens with zero attached hydrogens (tertiary/aromatic N) is 1. The number of allylic oxidation sites excluding steroid dienone is 4. The molecule has 1 unspecified atom stereocenters. The molecule has 0 amide bonds. The van der Waals surface area contributed by atoms with E-state index < -0.39 is 10.9 Å². The molecule has 0 saturated heterocycles. The molecule has 0 saturated carbocycles. The third kappa shape index (κ3) is 4.42. The molecule has 0 spiro atoms. The van der Waals surface area contributed by atoms with Crippen molar-refractivity contribution in [2.24, 2.45) is 10.1 Å². The molecule has 156 valence electrons. The Kier molecular flexibility index (Phi) is 6.81. The fourth-order valence-electron chi connectivity index (χ4n) is 3.53. The lowest BCUT2D eigenvalue weighted by Gasteiger charge is -2.31. The second kappa shape index (κ2) is 8.67. The summed E-state index contributed by atoms with van der Waals surface area (Å²) in [5.41, 5.74) is 9.09. The highest BCUT2D eigenvalue weighted by Gasteiger charge is 2.60. The van der Waals surface area contributed by atoms with E-state index in [-0.39, 0.29) is 34.0 Å². The topological polar surface area (TPSA) is 38.4 Å². The molecule has 1 aromatic rings. The molecule has 1 aliphatic heterocycles. The van der Waals surface area contributed by atoms with Crippen LogP contribution in [-0.4, -0.2) is 22.5 Å². The van der Waals surface area contributed by atoms with Gasteiger partial charge in [-0.05, 0) is 59.2 Å². The molecule has 0 aromatic heterocycles. The van der Waals surface area contributed by atoms with Crippen LogP contribution in [0.1, 0.15) is 35.6 Å². The Morgan fingerprint density at radius 2 is 2.10 bits per heavy atom. The number of hydrogen-bond acceptors (Lipinski definition) is 3. The van der Waals surface area contributed by atoms with E-state index >= 15 is 0 Å². The summed E-state index contributed by atoms with van der Waals surface area (Å²) >= 11 is 18.0. The Balaban J connectivity index is 1.99. The number of aryl methyl sites for hydroxylation is 1. The van der Waals surface area contributed by atoms with Crippen LogP contribution >= 0.6 is 46.8 Å². The van der Waals surface area contributed by atoms with Crippen molar-refractivity contribution in [3.8, 4) is 0 Å². The Hall–Kier alpha value is -0.920. The number of fused-ring (bicyclic) bond motifs is 1. The Morgan fingerprint density at radius 1 is 1.38 bits per heavy atom. The molecule has 1 aliphatic carbocycles. The molecule has 0 bridgehead atoms. The highest BCUT2D eigenvalue weighted by atomic mass is 35.5. The normalized spacial score (nSPS) is 25.2. The molecule has 3 rings (SSSR count). The summed E-state index contributed by atoms with van der Waals surface area (Å²) in [6.07, 6.45) is -0.848. The molecular weight excluding hydrogens is 464 g/mol. The highest BCUT2D eigenvalue weighted by molar-refractivity contribution is 8.00. The number of rotatable bonds is 5. The van der Waals surface area contributed by atoms with Crippen molar-refractivity contribution >= 4 is 52.5 Å². The maximum atomic E-state index is 14.3. The molecule has 2 aliphatic rings. The minimum Gasteiger partial charge on any atom is -0.324 e. The van der Waals surface area contributed by atoms with Crippen molar-refractivity contribution in [3.63, 3.8) is 0 Å². The van der Waals surface area contributed by atoms with Crippen LogP contribution in [0.3, 0.4) is 0 Å². The van der Waals surface area contributed by atoms with E-state index in [1.54, 1.807) is 6.07 Å². The Labute approximate surface area is 186 Å². The van der Waals surface area contributed by atoms with E-state index in [9.17, 15) is 13.2 Å². The second-order valence-corrected chi connectivity index (χ2v) is 9.13. The van der Waals surface area contributed by atoms with E-state index in [4.69, 9.17) is 40.5 Å². The van der Waals surface area contributed by atoms with Crippen LogP contribution in [0.25, 0.3) is 0 Å². The van der Waals surface area contributed by atoms with Crippen LogP contribution in [0, 0.1) is 0 Å². The third-order valence-corrected chi connectivity index (χ3v) is 7.12. The van der Waals surface area contributed by atoms with Crippen molar-refractivity contribution < 1.29 is 13.2 Å². The lowest BCUT2D eigenvalue weighted by molar-refractivity contribution is -0.147. The van der Waals surface area contributed by atoms with Gasteiger partial charge in [0.25, 0.3) is 0 Å². The van der Waals surface area contributed by atoms with Crippen molar-refractivity contribution in [1.82, 2.24) is 0 Å². The first-order valence-electron chi connectivity index (χ1n) is 8.78. The SMILES string of the molecule is C=C(Cl)/C(Cl)=C\C(=C/CCl)[C@]1(C(F)(F)F)CC(c2ccc3c(c2)CCC3N)=NS1. The van der Waals surface area contributed by atoms with Crippen LogP contribution in [0.15, 0.2) is 57.0 Å². The van der Waals surface area contributed by atoms with Crippen molar-refractivity contribution in [2.75, 3.05) is 5.88 Å². The number of nitrogens with two attached hydrogens (primary N) is 1. The second-order valence-electron chi connectivity index (χ2n) is 6.90. The van der Waals surface area contributed by atoms with Gasteiger partial charge >= 0.3 is 6.18 Å². The van der Waals surface area contributed by atoms with Crippen molar-refractivity contribution in [1.29, 1.82) is 0 Å². The van der Waals surface area contributed by atoms with Gasteiger partial charge in [0.2, 0.25) is 0 Å². The summed E-state index contributed by atoms with van der Waals surface area (Å²) in [4.78, 5) is 0. The predicted molar refractivity (Wildman–Crippen MR) is 117 cm³/mol. The van der Waals surface area contributed by atoms with Gasteiger partial charge < -0.3 is 5.73 Å². The fraction of sp³-hybridized carbons (Fsp3) is 0.350. The first-order valence-corrected chi connectivity index (χ1v) is 10.8. The Morgan fingerprint density at radius 3 is 2.72 bits per heavy atom. The highest BCUT2D eigenvalue weighted by Crippen LogP contribution is 2.55. The van der Waals surface area contributed by atoms with Gasteiger partial charge in [-0.2, -0.15) is 13.2 Å². The zero-order chi connectivity index (χ0) is 21.4. The summed E-state index contributed by atoms with van der Waals surface area (Å²) in [5, 5.41) is -0.129. The summed E-state index contributed by atoms with van der Waals surface area (Å²) in [5.74, 6) is -0.116. The van der Waals surface area contributed by atoms with Gasteiger partial charge in [0, 0.05) is 18.3 Å². The predicted octanol–water partition coefficient (Wildman–Crippen LogP) is 6.82. The van der Waals surface area contributed by atoms with E-state index in [2.05, 4.69) is 11.0 Å². The van der Waals surface area contributed by atoms with Gasteiger partial charge in [-0.25, -0.2) is 4.40 Å². The summed E-state index contributed by atoms with van der Waals surface area (Å²) in [6, 6.07) is 5.53. The summed E-state index contributed by atoms with van der Waals surface area (Å²) < 4.78 is 44.7. The van der Waals surface area contributed by atoms with Gasteiger partial charge in [-0.3, -0.25) is 0 Å². The largest absolute Gasteiger partial charge is 0.409 e. The molecule has 2 N–H and O–H groups in total. The van der Waals surface area contributed by atoms with Crippen LogP contribution in [-0.2, 0) is 6.42 Å². The van der Waals surface area contributed by atoms with Crippen molar-refractivity contribution in [2.45, 2.75) is 36.2 Å². The molecule has 29 heavy (non-hydrogen) atoms. The molecule has 2 atom stereocenters. The van der Waals surface area contributed by atoms with Gasteiger partial charge in [0.05, 0.1) is 15.8 Å². The molecule has 1 heterocycles. The minimum absolute atomic E-state index is 0.0256. The average Bonchev–Trinajstić information content (AvgIpc) is 3.26. The molecular formula is C20H18Cl3F3N2S. The third-order valence-electron chi connectivity index (χ3n) is 5.09. The standard InChI is InChI=1S/C20H18Cl3F3N2S/c1-11(22)16(23)9-14(6-7-21)19(20(24,25)26)10-18(28-29-19)13-2-4-15-12(8-13)3-5-17(15)27/h2,4,6,8-9,17H,1,3,5,7,10,27H2/b14-6+,16-9+/t17?,19-/m0/s1. The van der Waals surface area contributed by atoms with Crippen LogP contribution in [0.2, 0.25) is 0 Å². The van der Waals surface area contributed by atoms with Crippen LogP contribution < -0.4 is 5.73 Å². The molecule has 0 radical (unpaired) electrons. The molecule has 9 heteroatoms. The smallest absolute Gasteiger partial charge is 0.324 e. The van der Waals surface area contributed by atoms with Gasteiger partial charge in [0.1, 0.15) is 0 Å². The lowest BCUT2D eigenvalue weighted by Crippen LogP contribution is -2.43. The number of halogens is 6. The minimum atomic E-state index is -4.60. The molecule has 1 aromatic carbocycles. The van der Waals surface area contributed by atoms with Gasteiger partial charge in [-0.1, -0.05) is 48.0 Å². The van der Waals surface area contributed by atoms with Crippen molar-refractivity contribution in [3.05, 3.63) is 69.3 Å². The monoisotopic (exact) mass is 480 g/mol. The van der Waals surface area contributed by atoms with Crippen LogP contribution in [0.4, 0.5) is 13.2 Å². The van der Waals surface area contributed by atoms with E-state index in [0.29, 0.717) is 23.2 Å². The van der Waals surface area contributed by atoms with E-state index in [1.165, 1.54) is 12.2 Å². The molecule has 2 nitrogen and oxygen atoms in total. The maximum Gasteiger partial charge on any atom is 0.409 e. The summed E-state index contributed by atoms with van der Waals surface area (Å²) in [7, 11) is 0. The quantitative estimate of drug-likeness (QED) is 0.285. The zero-order valence-corrected chi connectivity index (χ0v) is 18.3. The Bertz CT molecular complexity index is 924. The number of hydrogen-bond donors (Lipinski definition) is 1. The number of benzene rings is 1. The first kappa shape index (κ1) is 22.8. The van der Waals surface area contributed by atoms with E-state index in [0.717, 1.165) is 24.0 Å². The zero-order valence-electron chi connectivity index (χ0n) is 15.2. The maximum absolute atomic E-state index is 14.3.